The van der Waals surface area contributed by atoms with Crippen molar-refractivity contribution in [2.45, 2.75) is 0 Å². The van der Waals surface area contributed by atoms with Crippen molar-refractivity contribution < 1.29 is 17.6 Å². The van der Waals surface area contributed by atoms with Crippen molar-refractivity contribution >= 4 is 98.2 Å². The molecular weight excluding hydrogens is 655 g/mol. The zero-order chi connectivity index (χ0) is 30.5. The molecule has 0 saturated heterocycles. The minimum atomic E-state index is -0.242. The van der Waals surface area contributed by atoms with Crippen molar-refractivity contribution in [3.63, 3.8) is 0 Å². The van der Waals surface area contributed by atoms with Crippen LogP contribution in [0.15, 0.2) is 118 Å². The van der Waals surface area contributed by atoms with Gasteiger partial charge in [-0.05, 0) is 94.3 Å². The SMILES string of the molecule is Fc1cc(-c2cc3ccccc3o2)sc1-c1cc2cc3cc4sc(-c5sc(-c6cc7ccccc7o6)cc5F)cc4cc3cc2s1. The lowest BCUT2D eigenvalue weighted by Gasteiger charge is -1.99. The molecule has 0 amide bonds. The van der Waals surface area contributed by atoms with Crippen LogP contribution in [0, 0.1) is 11.6 Å². The van der Waals surface area contributed by atoms with E-state index in [2.05, 4.69) is 36.4 Å². The largest absolute Gasteiger partial charge is 0.455 e. The fraction of sp³-hybridized carbons (Fsp3) is 0. The van der Waals surface area contributed by atoms with Gasteiger partial charge >= 0.3 is 0 Å². The highest BCUT2D eigenvalue weighted by Crippen LogP contribution is 2.46. The first-order valence-electron chi connectivity index (χ1n) is 14.5. The van der Waals surface area contributed by atoms with E-state index < -0.39 is 0 Å². The topological polar surface area (TPSA) is 26.3 Å². The van der Waals surface area contributed by atoms with E-state index in [1.807, 2.05) is 60.7 Å². The van der Waals surface area contributed by atoms with E-state index in [4.69, 9.17) is 8.83 Å². The Morgan fingerprint density at radius 3 is 1.30 bits per heavy atom. The van der Waals surface area contributed by atoms with E-state index in [1.54, 1.807) is 34.8 Å². The standard InChI is InChI=1S/C38H18F2O2S4/c39-25-17-33(29-11-19-5-1-3-7-27(19)41-29)45-37(25)35-15-23-9-21-14-32-24(10-22(21)13-31(23)43-35)16-36(44-32)38-26(40)18-34(46-38)30-12-20-6-2-4-8-28(20)42-30/h1-18H. The van der Waals surface area contributed by atoms with Gasteiger partial charge in [0.15, 0.2) is 0 Å². The molecule has 0 spiro atoms. The maximum absolute atomic E-state index is 15.3. The summed E-state index contributed by atoms with van der Waals surface area (Å²) >= 11 is 6.01. The molecule has 0 aliphatic rings. The zero-order valence-corrected chi connectivity index (χ0v) is 26.9. The van der Waals surface area contributed by atoms with Crippen LogP contribution in [0.5, 0.6) is 0 Å². The van der Waals surface area contributed by atoms with E-state index in [1.165, 1.54) is 22.7 Å². The predicted octanol–water partition coefficient (Wildman–Crippen LogP) is 13.8. The van der Waals surface area contributed by atoms with Crippen LogP contribution >= 0.6 is 45.3 Å². The molecule has 46 heavy (non-hydrogen) atoms. The average molecular weight is 673 g/mol. The van der Waals surface area contributed by atoms with Crippen LogP contribution in [0.3, 0.4) is 0 Å². The van der Waals surface area contributed by atoms with Gasteiger partial charge in [-0.25, -0.2) is 8.78 Å². The van der Waals surface area contributed by atoms with Gasteiger partial charge in [-0.3, -0.25) is 0 Å². The van der Waals surface area contributed by atoms with Gasteiger partial charge in [-0.15, -0.1) is 45.3 Å². The molecular formula is C38H18F2O2S4. The summed E-state index contributed by atoms with van der Waals surface area (Å²) in [4.78, 5) is 4.57. The quantitative estimate of drug-likeness (QED) is 0.186. The second kappa shape index (κ2) is 9.95. The molecule has 6 heterocycles. The maximum Gasteiger partial charge on any atom is 0.145 e. The molecule has 2 nitrogen and oxygen atoms in total. The number of halogens is 2. The van der Waals surface area contributed by atoms with Gasteiger partial charge in [0.2, 0.25) is 0 Å². The molecule has 8 heteroatoms. The summed E-state index contributed by atoms with van der Waals surface area (Å²) in [5.41, 5.74) is 1.59. The van der Waals surface area contributed by atoms with Crippen LogP contribution in [0.1, 0.15) is 0 Å². The Balaban J connectivity index is 1.00. The molecule has 0 unspecified atom stereocenters. The summed E-state index contributed by atoms with van der Waals surface area (Å²) in [5, 5.41) is 6.34. The summed E-state index contributed by atoms with van der Waals surface area (Å²) in [5.74, 6) is 0.870. The number of hydrogen-bond acceptors (Lipinski definition) is 6. The minimum Gasteiger partial charge on any atom is -0.455 e. The first-order valence-corrected chi connectivity index (χ1v) is 17.8. The molecule has 6 aromatic heterocycles. The highest BCUT2D eigenvalue weighted by molar-refractivity contribution is 7.27. The third-order valence-corrected chi connectivity index (χ3v) is 13.1. The lowest BCUT2D eigenvalue weighted by Crippen LogP contribution is -1.72. The fourth-order valence-electron chi connectivity index (χ4n) is 6.07. The Morgan fingerprint density at radius 2 is 0.848 bits per heavy atom. The molecule has 220 valence electrons. The monoisotopic (exact) mass is 672 g/mol. The van der Waals surface area contributed by atoms with Gasteiger partial charge in [0.25, 0.3) is 0 Å². The molecule has 0 aliphatic heterocycles. The van der Waals surface area contributed by atoms with Gasteiger partial charge in [0, 0.05) is 29.9 Å². The lowest BCUT2D eigenvalue weighted by molar-refractivity contribution is 0.626. The van der Waals surface area contributed by atoms with E-state index in [9.17, 15) is 0 Å². The molecule has 0 atom stereocenters. The van der Waals surface area contributed by atoms with Crippen LogP contribution in [0.2, 0.25) is 0 Å². The number of hydrogen-bond donors (Lipinski definition) is 0. The number of para-hydroxylation sites is 2. The van der Waals surface area contributed by atoms with Crippen molar-refractivity contribution in [1.29, 1.82) is 0 Å². The number of furan rings is 2. The van der Waals surface area contributed by atoms with Crippen LogP contribution in [-0.4, -0.2) is 0 Å². The first kappa shape index (κ1) is 26.6. The fourth-order valence-corrected chi connectivity index (χ4v) is 10.4. The smallest absolute Gasteiger partial charge is 0.145 e. The summed E-state index contributed by atoms with van der Waals surface area (Å²) in [6, 6.07) is 35.5. The summed E-state index contributed by atoms with van der Waals surface area (Å²) < 4.78 is 44.8. The minimum absolute atomic E-state index is 0.242. The molecule has 0 N–H and O–H groups in total. The molecule has 0 saturated carbocycles. The van der Waals surface area contributed by atoms with Crippen molar-refractivity contribution in [2.24, 2.45) is 0 Å². The molecule has 0 bridgehead atoms. The van der Waals surface area contributed by atoms with Crippen molar-refractivity contribution in [1.82, 2.24) is 0 Å². The third kappa shape index (κ3) is 4.22. The number of rotatable bonds is 4. The van der Waals surface area contributed by atoms with Crippen molar-refractivity contribution in [2.75, 3.05) is 0 Å². The summed E-state index contributed by atoms with van der Waals surface area (Å²) in [7, 11) is 0. The van der Waals surface area contributed by atoms with Gasteiger partial charge < -0.3 is 8.83 Å². The number of fused-ring (bicyclic) bond motifs is 5. The van der Waals surface area contributed by atoms with E-state index in [0.29, 0.717) is 21.3 Å². The molecule has 10 aromatic rings. The van der Waals surface area contributed by atoms with Crippen LogP contribution in [-0.2, 0) is 0 Å². The van der Waals surface area contributed by atoms with Gasteiger partial charge in [0.1, 0.15) is 34.3 Å². The highest BCUT2D eigenvalue weighted by Gasteiger charge is 2.20. The summed E-state index contributed by atoms with van der Waals surface area (Å²) in [6.45, 7) is 0. The second-order valence-electron chi connectivity index (χ2n) is 11.2. The number of benzene rings is 4. The second-order valence-corrected chi connectivity index (χ2v) is 15.5. The predicted molar refractivity (Wildman–Crippen MR) is 192 cm³/mol. The zero-order valence-electron chi connectivity index (χ0n) is 23.6. The molecule has 0 radical (unpaired) electrons. The Labute approximate surface area is 276 Å². The van der Waals surface area contributed by atoms with Gasteiger partial charge in [-0.1, -0.05) is 36.4 Å². The average Bonchev–Trinajstić information content (AvgIpc) is 3.89. The molecule has 0 aliphatic carbocycles. The molecule has 0 fully saturated rings. The lowest BCUT2D eigenvalue weighted by atomic mass is 10.1. The Bertz CT molecular complexity index is 2480. The Morgan fingerprint density at radius 1 is 0.391 bits per heavy atom. The third-order valence-electron chi connectivity index (χ3n) is 8.27. The Kier molecular flexibility index (Phi) is 5.75. The van der Waals surface area contributed by atoms with E-state index >= 15 is 8.78 Å². The van der Waals surface area contributed by atoms with Crippen LogP contribution < -0.4 is 0 Å². The van der Waals surface area contributed by atoms with Gasteiger partial charge in [0.05, 0.1) is 19.5 Å². The number of thiophene rings is 4. The highest BCUT2D eigenvalue weighted by atomic mass is 32.1. The van der Waals surface area contributed by atoms with Gasteiger partial charge in [-0.2, -0.15) is 0 Å². The normalized spacial score (nSPS) is 12.1. The van der Waals surface area contributed by atoms with Crippen molar-refractivity contribution in [3.8, 4) is 40.8 Å². The Hall–Kier alpha value is -4.60. The van der Waals surface area contributed by atoms with Crippen LogP contribution in [0.25, 0.3) is 93.7 Å². The first-order chi connectivity index (χ1) is 22.5. The van der Waals surface area contributed by atoms with Crippen LogP contribution in [0.4, 0.5) is 8.78 Å². The van der Waals surface area contributed by atoms with Crippen molar-refractivity contribution in [3.05, 3.63) is 121 Å². The molecule has 4 aromatic carbocycles. The van der Waals surface area contributed by atoms with E-state index in [-0.39, 0.29) is 11.6 Å². The molecule has 10 rings (SSSR count). The summed E-state index contributed by atoms with van der Waals surface area (Å²) in [6.07, 6.45) is 0. The maximum atomic E-state index is 15.3. The van der Waals surface area contributed by atoms with E-state index in [0.717, 1.165) is 72.4 Å².